The fourth-order valence-electron chi connectivity index (χ4n) is 4.28. The van der Waals surface area contributed by atoms with Gasteiger partial charge in [0.1, 0.15) is 11.5 Å². The molecule has 2 atom stereocenters. The Morgan fingerprint density at radius 1 is 0.966 bits per heavy atom. The van der Waals surface area contributed by atoms with Crippen LogP contribution in [-0.4, -0.2) is 25.9 Å². The maximum atomic E-state index is 13.2. The second-order valence-corrected chi connectivity index (χ2v) is 7.80. The molecule has 0 radical (unpaired) electrons. The predicted octanol–water partition coefficient (Wildman–Crippen LogP) is 4.36. The van der Waals surface area contributed by atoms with Gasteiger partial charge >= 0.3 is 0 Å². The number of nitrogens with one attached hydrogen (secondary N) is 1. The van der Waals surface area contributed by atoms with Gasteiger partial charge in [-0.25, -0.2) is 0 Å². The van der Waals surface area contributed by atoms with Crippen LogP contribution in [0.5, 0.6) is 11.5 Å². The SMILES string of the molecule is COc1cccc(C2CC(=O)C3=C(C2)NC(=O)CC3c2ccc(OC)c(Cl)c2)c1. The molecule has 2 unspecified atom stereocenters. The Balaban J connectivity index is 1.70. The Kier molecular flexibility index (Phi) is 5.33. The van der Waals surface area contributed by atoms with Crippen molar-refractivity contribution < 1.29 is 19.1 Å². The molecule has 6 heteroatoms. The molecular weight excluding hydrogens is 390 g/mol. The van der Waals surface area contributed by atoms with Gasteiger partial charge in [0.25, 0.3) is 0 Å². The Morgan fingerprint density at radius 2 is 1.79 bits per heavy atom. The summed E-state index contributed by atoms with van der Waals surface area (Å²) in [6.45, 7) is 0. The minimum Gasteiger partial charge on any atom is -0.497 e. The molecular formula is C23H22ClNO4. The van der Waals surface area contributed by atoms with Crippen LogP contribution in [0.3, 0.4) is 0 Å². The Bertz CT molecular complexity index is 1010. The molecule has 1 amide bonds. The van der Waals surface area contributed by atoms with Crippen molar-refractivity contribution in [2.24, 2.45) is 0 Å². The molecule has 2 aromatic rings. The summed E-state index contributed by atoms with van der Waals surface area (Å²) in [5.41, 5.74) is 3.31. The number of Topliss-reactive ketones (excluding diaryl/α,β-unsaturated/α-hetero) is 1. The van der Waals surface area contributed by atoms with E-state index in [1.165, 1.54) is 0 Å². The Hall–Kier alpha value is -2.79. The zero-order valence-corrected chi connectivity index (χ0v) is 17.1. The molecule has 150 valence electrons. The van der Waals surface area contributed by atoms with Crippen LogP contribution < -0.4 is 14.8 Å². The topological polar surface area (TPSA) is 64.6 Å². The second-order valence-electron chi connectivity index (χ2n) is 7.40. The highest BCUT2D eigenvalue weighted by atomic mass is 35.5. The van der Waals surface area contributed by atoms with Crippen LogP contribution >= 0.6 is 11.6 Å². The number of hydrogen-bond acceptors (Lipinski definition) is 4. The van der Waals surface area contributed by atoms with Crippen LogP contribution in [0.25, 0.3) is 0 Å². The number of hydrogen-bond donors (Lipinski definition) is 1. The van der Waals surface area contributed by atoms with E-state index >= 15 is 0 Å². The largest absolute Gasteiger partial charge is 0.497 e. The number of ketones is 1. The van der Waals surface area contributed by atoms with Gasteiger partial charge in [-0.05, 0) is 47.7 Å². The first kappa shape index (κ1) is 19.5. The lowest BCUT2D eigenvalue weighted by Crippen LogP contribution is -2.38. The predicted molar refractivity (Wildman–Crippen MR) is 111 cm³/mol. The summed E-state index contributed by atoms with van der Waals surface area (Å²) < 4.78 is 10.5. The van der Waals surface area contributed by atoms with E-state index in [0.29, 0.717) is 29.2 Å². The molecule has 0 aromatic heterocycles. The normalized spacial score (nSPS) is 21.5. The molecule has 0 fully saturated rings. The van der Waals surface area contributed by atoms with Crippen LogP contribution in [0, 0.1) is 0 Å². The van der Waals surface area contributed by atoms with Crippen LogP contribution in [0.15, 0.2) is 53.7 Å². The van der Waals surface area contributed by atoms with Gasteiger partial charge in [0.15, 0.2) is 5.78 Å². The molecule has 1 N–H and O–H groups in total. The summed E-state index contributed by atoms with van der Waals surface area (Å²) in [5, 5.41) is 3.41. The van der Waals surface area contributed by atoms with Crippen LogP contribution in [-0.2, 0) is 9.59 Å². The van der Waals surface area contributed by atoms with Crippen molar-refractivity contribution in [2.45, 2.75) is 31.1 Å². The second kappa shape index (κ2) is 7.91. The van der Waals surface area contributed by atoms with Crippen LogP contribution in [0.1, 0.15) is 42.2 Å². The highest BCUT2D eigenvalue weighted by molar-refractivity contribution is 6.32. The van der Waals surface area contributed by atoms with Crippen molar-refractivity contribution in [3.05, 3.63) is 69.9 Å². The molecule has 1 heterocycles. The molecule has 0 spiro atoms. The standard InChI is InChI=1S/C23H22ClNO4/c1-28-16-5-3-4-13(8-16)15-10-19-23(20(26)11-15)17(12-22(27)25-19)14-6-7-21(29-2)18(24)9-14/h3-9,15,17H,10-12H2,1-2H3,(H,25,27). The van der Waals surface area contributed by atoms with Crippen molar-refractivity contribution >= 4 is 23.3 Å². The fourth-order valence-corrected chi connectivity index (χ4v) is 4.54. The first-order valence-corrected chi connectivity index (χ1v) is 9.91. The minimum absolute atomic E-state index is 0.00913. The van der Waals surface area contributed by atoms with Crippen molar-refractivity contribution in [1.29, 1.82) is 0 Å². The smallest absolute Gasteiger partial charge is 0.225 e. The van der Waals surface area contributed by atoms with Crippen LogP contribution in [0.4, 0.5) is 0 Å². The molecule has 29 heavy (non-hydrogen) atoms. The van der Waals surface area contributed by atoms with Crippen LogP contribution in [0.2, 0.25) is 5.02 Å². The summed E-state index contributed by atoms with van der Waals surface area (Å²) in [6.07, 6.45) is 1.25. The van der Waals surface area contributed by atoms with E-state index in [9.17, 15) is 9.59 Å². The van der Waals surface area contributed by atoms with E-state index in [2.05, 4.69) is 5.32 Å². The molecule has 1 aliphatic heterocycles. The zero-order valence-electron chi connectivity index (χ0n) is 16.3. The first-order valence-electron chi connectivity index (χ1n) is 9.53. The van der Waals surface area contributed by atoms with Gasteiger partial charge in [-0.2, -0.15) is 0 Å². The maximum Gasteiger partial charge on any atom is 0.225 e. The number of halogens is 1. The lowest BCUT2D eigenvalue weighted by Gasteiger charge is -2.34. The molecule has 5 nitrogen and oxygen atoms in total. The number of amides is 1. The quantitative estimate of drug-likeness (QED) is 0.811. The third-order valence-corrected chi connectivity index (χ3v) is 5.97. The van der Waals surface area contributed by atoms with Crippen molar-refractivity contribution in [2.75, 3.05) is 14.2 Å². The highest BCUT2D eigenvalue weighted by Gasteiger charge is 2.38. The van der Waals surface area contributed by atoms with E-state index in [1.807, 2.05) is 30.3 Å². The van der Waals surface area contributed by atoms with Gasteiger partial charge in [-0.3, -0.25) is 9.59 Å². The number of allylic oxidation sites excluding steroid dienone is 2. The minimum atomic E-state index is -0.291. The number of ether oxygens (including phenoxy) is 2. The molecule has 4 rings (SSSR count). The van der Waals surface area contributed by atoms with Crippen molar-refractivity contribution in [3.63, 3.8) is 0 Å². The lowest BCUT2D eigenvalue weighted by atomic mass is 9.73. The summed E-state index contributed by atoms with van der Waals surface area (Å²) in [6, 6.07) is 13.2. The number of benzene rings is 2. The Labute approximate surface area is 174 Å². The van der Waals surface area contributed by atoms with E-state index in [1.54, 1.807) is 26.4 Å². The van der Waals surface area contributed by atoms with Gasteiger partial charge in [-0.15, -0.1) is 0 Å². The average molecular weight is 412 g/mol. The summed E-state index contributed by atoms with van der Waals surface area (Å²) in [4.78, 5) is 25.6. The third kappa shape index (κ3) is 3.75. The monoisotopic (exact) mass is 411 g/mol. The Morgan fingerprint density at radius 3 is 2.52 bits per heavy atom. The van der Waals surface area contributed by atoms with E-state index in [0.717, 1.165) is 22.6 Å². The average Bonchev–Trinajstić information content (AvgIpc) is 2.72. The molecule has 0 bridgehead atoms. The number of carbonyl (C=O) groups is 2. The van der Waals surface area contributed by atoms with E-state index in [-0.39, 0.29) is 29.9 Å². The number of rotatable bonds is 4. The summed E-state index contributed by atoms with van der Waals surface area (Å²) >= 11 is 6.29. The molecule has 2 aromatic carbocycles. The van der Waals surface area contributed by atoms with Gasteiger partial charge in [0, 0.05) is 30.0 Å². The van der Waals surface area contributed by atoms with Gasteiger partial charge in [0.05, 0.1) is 19.2 Å². The molecule has 1 aliphatic carbocycles. The first-order chi connectivity index (χ1) is 14.0. The van der Waals surface area contributed by atoms with Gasteiger partial charge in [0.2, 0.25) is 5.91 Å². The van der Waals surface area contributed by atoms with Gasteiger partial charge in [-0.1, -0.05) is 29.8 Å². The van der Waals surface area contributed by atoms with Crippen molar-refractivity contribution in [1.82, 2.24) is 5.32 Å². The summed E-state index contributed by atoms with van der Waals surface area (Å²) in [5.74, 6) is 1.03. The molecule has 2 aliphatic rings. The molecule has 0 saturated heterocycles. The van der Waals surface area contributed by atoms with E-state index in [4.69, 9.17) is 21.1 Å². The maximum absolute atomic E-state index is 13.2. The van der Waals surface area contributed by atoms with Crippen molar-refractivity contribution in [3.8, 4) is 11.5 Å². The zero-order chi connectivity index (χ0) is 20.5. The van der Waals surface area contributed by atoms with Gasteiger partial charge < -0.3 is 14.8 Å². The third-order valence-electron chi connectivity index (χ3n) is 5.68. The van der Waals surface area contributed by atoms with E-state index < -0.39 is 0 Å². The fraction of sp³-hybridized carbons (Fsp3) is 0.304. The lowest BCUT2D eigenvalue weighted by molar-refractivity contribution is -0.122. The highest BCUT2D eigenvalue weighted by Crippen LogP contribution is 2.43. The number of methoxy groups -OCH3 is 2. The molecule has 0 saturated carbocycles. The number of carbonyl (C=O) groups excluding carboxylic acids is 2. The summed E-state index contributed by atoms with van der Waals surface area (Å²) in [7, 11) is 3.18.